The van der Waals surface area contributed by atoms with E-state index < -0.39 is 6.55 Å². The maximum atomic E-state index is 13.6. The molecule has 2 heterocycles. The van der Waals surface area contributed by atoms with Crippen molar-refractivity contribution in [3.05, 3.63) is 51.5 Å². The first kappa shape index (κ1) is 19.1. The van der Waals surface area contributed by atoms with Crippen LogP contribution in [-0.2, 0) is 19.4 Å². The predicted molar refractivity (Wildman–Crippen MR) is 107 cm³/mol. The second-order valence-corrected chi connectivity index (χ2v) is 8.44. The Bertz CT molecular complexity index is 969. The van der Waals surface area contributed by atoms with Crippen molar-refractivity contribution in [2.75, 3.05) is 7.05 Å². The number of para-hydroxylation sites is 2. The van der Waals surface area contributed by atoms with Crippen molar-refractivity contribution in [1.82, 2.24) is 14.5 Å². The van der Waals surface area contributed by atoms with Crippen LogP contribution in [0.3, 0.4) is 0 Å². The standard InChI is InChI=1S/C21H23F2N3OS/c1-25(13-19-24-15-9-6-7-10-16(15)26(19)21(22)23)20(27)18-12-14-8-4-2-3-5-11-17(14)28-18/h6-7,9-10,12,21H,2-5,8,11,13H2,1H3. The monoisotopic (exact) mass is 403 g/mol. The molecule has 0 saturated heterocycles. The number of nitrogens with zero attached hydrogens (tertiary/aromatic N) is 3. The molecule has 4 rings (SSSR count). The van der Waals surface area contributed by atoms with Crippen molar-refractivity contribution in [2.45, 2.75) is 51.6 Å². The first-order chi connectivity index (χ1) is 13.5. The number of halogens is 2. The minimum atomic E-state index is -2.70. The van der Waals surface area contributed by atoms with E-state index in [0.29, 0.717) is 15.9 Å². The fraction of sp³-hybridized carbons (Fsp3) is 0.429. The number of rotatable bonds is 4. The molecule has 0 aliphatic heterocycles. The minimum absolute atomic E-state index is 0.0421. The predicted octanol–water partition coefficient (Wildman–Crippen LogP) is 5.42. The van der Waals surface area contributed by atoms with Crippen LogP contribution < -0.4 is 0 Å². The van der Waals surface area contributed by atoms with Gasteiger partial charge < -0.3 is 4.90 Å². The van der Waals surface area contributed by atoms with Gasteiger partial charge in [0.25, 0.3) is 5.91 Å². The molecule has 1 aliphatic rings. The highest BCUT2D eigenvalue weighted by molar-refractivity contribution is 7.14. The normalized spacial score (nSPS) is 14.7. The molecule has 0 saturated carbocycles. The van der Waals surface area contributed by atoms with Gasteiger partial charge in [-0.2, -0.15) is 8.78 Å². The number of carbonyl (C=O) groups excluding carboxylic acids is 1. The number of carbonyl (C=O) groups is 1. The molecule has 0 radical (unpaired) electrons. The van der Waals surface area contributed by atoms with Gasteiger partial charge in [-0.3, -0.25) is 9.36 Å². The van der Waals surface area contributed by atoms with E-state index in [1.54, 1.807) is 42.6 Å². The molecule has 28 heavy (non-hydrogen) atoms. The van der Waals surface area contributed by atoms with Crippen LogP contribution in [0.5, 0.6) is 0 Å². The van der Waals surface area contributed by atoms with Crippen molar-refractivity contribution in [1.29, 1.82) is 0 Å². The van der Waals surface area contributed by atoms with Gasteiger partial charge in [-0.15, -0.1) is 11.3 Å². The number of aryl methyl sites for hydroxylation is 2. The molecule has 7 heteroatoms. The second kappa shape index (κ2) is 7.99. The van der Waals surface area contributed by atoms with Crippen molar-refractivity contribution < 1.29 is 13.6 Å². The van der Waals surface area contributed by atoms with Crippen LogP contribution >= 0.6 is 11.3 Å². The van der Waals surface area contributed by atoms with Gasteiger partial charge in [-0.25, -0.2) is 4.98 Å². The maximum Gasteiger partial charge on any atom is 0.320 e. The van der Waals surface area contributed by atoms with Gasteiger partial charge in [-0.05, 0) is 49.4 Å². The zero-order valence-corrected chi connectivity index (χ0v) is 16.6. The van der Waals surface area contributed by atoms with E-state index in [4.69, 9.17) is 0 Å². The lowest BCUT2D eigenvalue weighted by atomic mass is 10.00. The summed E-state index contributed by atoms with van der Waals surface area (Å²) in [6.45, 7) is -2.66. The Morgan fingerprint density at radius 3 is 2.75 bits per heavy atom. The van der Waals surface area contributed by atoms with Crippen LogP contribution in [0.15, 0.2) is 30.3 Å². The molecule has 2 aromatic heterocycles. The molecule has 0 N–H and O–H groups in total. The van der Waals surface area contributed by atoms with E-state index in [2.05, 4.69) is 4.98 Å². The molecule has 0 fully saturated rings. The summed E-state index contributed by atoms with van der Waals surface area (Å²) in [4.78, 5) is 20.8. The molecular formula is C21H23F2N3OS. The molecular weight excluding hydrogens is 380 g/mol. The maximum absolute atomic E-state index is 13.6. The summed E-state index contributed by atoms with van der Waals surface area (Å²) in [5.74, 6) is 0.0617. The molecule has 1 amide bonds. The Kier molecular flexibility index (Phi) is 5.44. The number of hydrogen-bond acceptors (Lipinski definition) is 3. The number of imidazole rings is 1. The number of thiophene rings is 1. The Balaban J connectivity index is 1.58. The number of amides is 1. The van der Waals surface area contributed by atoms with Gasteiger partial charge in [0.2, 0.25) is 0 Å². The summed E-state index contributed by atoms with van der Waals surface area (Å²) < 4.78 is 28.1. The second-order valence-electron chi connectivity index (χ2n) is 7.30. The largest absolute Gasteiger partial charge is 0.334 e. The lowest BCUT2D eigenvalue weighted by molar-refractivity contribution is 0.0648. The lowest BCUT2D eigenvalue weighted by Gasteiger charge is -2.17. The molecule has 0 spiro atoms. The highest BCUT2D eigenvalue weighted by Gasteiger charge is 2.23. The smallest absolute Gasteiger partial charge is 0.320 e. The highest BCUT2D eigenvalue weighted by atomic mass is 32.1. The van der Waals surface area contributed by atoms with E-state index in [1.807, 2.05) is 6.07 Å². The van der Waals surface area contributed by atoms with Crippen LogP contribution in [0.2, 0.25) is 0 Å². The van der Waals surface area contributed by atoms with Crippen LogP contribution in [0.1, 0.15) is 58.2 Å². The molecule has 1 aliphatic carbocycles. The van der Waals surface area contributed by atoms with Crippen LogP contribution in [0.25, 0.3) is 11.0 Å². The van der Waals surface area contributed by atoms with Gasteiger partial charge in [0.05, 0.1) is 22.5 Å². The molecule has 3 aromatic rings. The summed E-state index contributed by atoms with van der Waals surface area (Å²) in [5, 5.41) is 0. The van der Waals surface area contributed by atoms with Gasteiger partial charge in [0, 0.05) is 11.9 Å². The van der Waals surface area contributed by atoms with E-state index in [0.717, 1.165) is 30.3 Å². The molecule has 148 valence electrons. The third-order valence-corrected chi connectivity index (χ3v) is 6.52. The Morgan fingerprint density at radius 2 is 1.96 bits per heavy atom. The van der Waals surface area contributed by atoms with Crippen molar-refractivity contribution in [2.24, 2.45) is 0 Å². The van der Waals surface area contributed by atoms with Crippen molar-refractivity contribution >= 4 is 28.3 Å². The fourth-order valence-electron chi connectivity index (χ4n) is 3.85. The summed E-state index contributed by atoms with van der Waals surface area (Å²) in [7, 11) is 1.65. The Hall–Kier alpha value is -2.28. The summed E-state index contributed by atoms with van der Waals surface area (Å²) >= 11 is 1.55. The van der Waals surface area contributed by atoms with Gasteiger partial charge in [0.15, 0.2) is 0 Å². The Morgan fingerprint density at radius 1 is 1.21 bits per heavy atom. The van der Waals surface area contributed by atoms with Crippen molar-refractivity contribution in [3.63, 3.8) is 0 Å². The first-order valence-corrected chi connectivity index (χ1v) is 10.5. The highest BCUT2D eigenvalue weighted by Crippen LogP contribution is 2.30. The minimum Gasteiger partial charge on any atom is -0.334 e. The molecule has 1 aromatic carbocycles. The van der Waals surface area contributed by atoms with Crippen LogP contribution in [0, 0.1) is 0 Å². The first-order valence-electron chi connectivity index (χ1n) is 9.65. The topological polar surface area (TPSA) is 38.1 Å². The number of fused-ring (bicyclic) bond motifs is 2. The number of aromatic nitrogens is 2. The number of alkyl halides is 2. The van der Waals surface area contributed by atoms with E-state index in [-0.39, 0.29) is 18.3 Å². The SMILES string of the molecule is CN(Cc1nc2ccccc2n1C(F)F)C(=O)c1cc2c(s1)CCCCCC2. The average molecular weight is 403 g/mol. The Labute approximate surface area is 166 Å². The van der Waals surface area contributed by atoms with E-state index in [9.17, 15) is 13.6 Å². The molecule has 0 atom stereocenters. The van der Waals surface area contributed by atoms with Crippen LogP contribution in [-0.4, -0.2) is 27.4 Å². The van der Waals surface area contributed by atoms with Crippen molar-refractivity contribution in [3.8, 4) is 0 Å². The summed E-state index contributed by atoms with van der Waals surface area (Å²) in [6.07, 6.45) is 6.84. The van der Waals surface area contributed by atoms with Gasteiger partial charge >= 0.3 is 6.55 Å². The fourth-order valence-corrected chi connectivity index (χ4v) is 5.09. The van der Waals surface area contributed by atoms with Crippen LogP contribution in [0.4, 0.5) is 8.78 Å². The zero-order chi connectivity index (χ0) is 19.7. The zero-order valence-electron chi connectivity index (χ0n) is 15.8. The molecule has 0 bridgehead atoms. The third-order valence-electron chi connectivity index (χ3n) is 5.30. The molecule has 0 unspecified atom stereocenters. The molecule has 4 nitrogen and oxygen atoms in total. The third kappa shape index (κ3) is 3.68. The summed E-state index contributed by atoms with van der Waals surface area (Å²) in [6, 6.07) is 8.81. The lowest BCUT2D eigenvalue weighted by Crippen LogP contribution is -2.27. The van der Waals surface area contributed by atoms with Gasteiger partial charge in [-0.1, -0.05) is 25.0 Å². The number of hydrogen-bond donors (Lipinski definition) is 0. The average Bonchev–Trinajstić information content (AvgIpc) is 3.21. The van der Waals surface area contributed by atoms with Gasteiger partial charge in [0.1, 0.15) is 5.82 Å². The number of benzene rings is 1. The quantitative estimate of drug-likeness (QED) is 0.583. The summed E-state index contributed by atoms with van der Waals surface area (Å²) in [5.41, 5.74) is 2.17. The van der Waals surface area contributed by atoms with E-state index >= 15 is 0 Å². The van der Waals surface area contributed by atoms with E-state index in [1.165, 1.54) is 28.2 Å².